The van der Waals surface area contributed by atoms with E-state index in [2.05, 4.69) is 10.3 Å². The third kappa shape index (κ3) is 4.04. The van der Waals surface area contributed by atoms with Gasteiger partial charge in [-0.25, -0.2) is 9.79 Å². The highest BCUT2D eigenvalue weighted by Crippen LogP contribution is 2.34. The number of hydrogen-bond donors (Lipinski definition) is 2. The highest BCUT2D eigenvalue weighted by molar-refractivity contribution is 8.18. The summed E-state index contributed by atoms with van der Waals surface area (Å²) in [5, 5.41) is 12.6. The molecule has 126 valence electrons. The Kier molecular flexibility index (Phi) is 5.13. The lowest BCUT2D eigenvalue weighted by atomic mass is 10.1. The van der Waals surface area contributed by atoms with Crippen LogP contribution < -0.4 is 5.32 Å². The molecule has 1 heterocycles. The van der Waals surface area contributed by atoms with Crippen LogP contribution in [-0.2, 0) is 4.79 Å². The maximum Gasteiger partial charge on any atom is 0.335 e. The number of hydrogen-bond acceptors (Lipinski definition) is 4. The van der Waals surface area contributed by atoms with Gasteiger partial charge in [0.25, 0.3) is 5.91 Å². The monoisotopic (exact) mass is 392 g/mol. The van der Waals surface area contributed by atoms with Gasteiger partial charge in [-0.05, 0) is 47.7 Å². The van der Waals surface area contributed by atoms with Crippen LogP contribution in [-0.4, -0.2) is 22.2 Å². The molecule has 0 saturated carbocycles. The van der Waals surface area contributed by atoms with Gasteiger partial charge in [0.2, 0.25) is 0 Å². The van der Waals surface area contributed by atoms with Crippen LogP contribution in [0.5, 0.6) is 0 Å². The number of amidine groups is 1. The molecular weight excluding hydrogens is 383 g/mol. The smallest absolute Gasteiger partial charge is 0.335 e. The van der Waals surface area contributed by atoms with Crippen LogP contribution >= 0.6 is 35.0 Å². The molecular formula is C17H10Cl2N2O3S. The van der Waals surface area contributed by atoms with E-state index in [1.807, 2.05) is 0 Å². The van der Waals surface area contributed by atoms with Crippen molar-refractivity contribution >= 4 is 63.8 Å². The first-order chi connectivity index (χ1) is 11.9. The molecule has 0 atom stereocenters. The minimum atomic E-state index is -1.000. The predicted octanol–water partition coefficient (Wildman–Crippen LogP) is 4.58. The molecule has 8 heteroatoms. The van der Waals surface area contributed by atoms with E-state index in [1.54, 1.807) is 36.4 Å². The number of carboxylic acids is 1. The van der Waals surface area contributed by atoms with Crippen molar-refractivity contribution in [3.05, 3.63) is 68.5 Å². The summed E-state index contributed by atoms with van der Waals surface area (Å²) in [4.78, 5) is 27.7. The number of halogens is 2. The maximum atomic E-state index is 12.1. The first-order valence-electron chi connectivity index (χ1n) is 7.01. The van der Waals surface area contributed by atoms with Gasteiger partial charge < -0.3 is 10.4 Å². The Morgan fingerprint density at radius 3 is 2.56 bits per heavy atom. The standard InChI is InChI=1S/C17H10Cl2N2O3S/c18-11-2-1-3-12(14(11)19)20-17-21-15(22)13(25-17)8-9-4-6-10(7-5-9)16(23)24/h1-8H,(H,23,24)(H,20,21,22)/b13-8+. The summed E-state index contributed by atoms with van der Waals surface area (Å²) < 4.78 is 0. The van der Waals surface area contributed by atoms with E-state index >= 15 is 0 Å². The largest absolute Gasteiger partial charge is 0.478 e. The Hall–Kier alpha value is -2.28. The number of rotatable bonds is 3. The molecule has 5 nitrogen and oxygen atoms in total. The molecule has 3 rings (SSSR count). The van der Waals surface area contributed by atoms with Crippen molar-refractivity contribution in [1.82, 2.24) is 5.32 Å². The van der Waals surface area contributed by atoms with Crippen LogP contribution in [0.3, 0.4) is 0 Å². The van der Waals surface area contributed by atoms with E-state index in [0.29, 0.717) is 31.4 Å². The first kappa shape index (κ1) is 17.5. The number of nitrogens with zero attached hydrogens (tertiary/aromatic N) is 1. The van der Waals surface area contributed by atoms with Crippen LogP contribution in [0.2, 0.25) is 10.0 Å². The summed E-state index contributed by atoms with van der Waals surface area (Å²) in [6, 6.07) is 11.3. The zero-order valence-electron chi connectivity index (χ0n) is 12.5. The molecule has 1 fully saturated rings. The van der Waals surface area contributed by atoms with Crippen molar-refractivity contribution in [2.75, 3.05) is 0 Å². The van der Waals surface area contributed by atoms with Crippen LogP contribution in [0.25, 0.3) is 6.08 Å². The minimum absolute atomic E-state index is 0.184. The summed E-state index contributed by atoms with van der Waals surface area (Å²) in [6.45, 7) is 0. The summed E-state index contributed by atoms with van der Waals surface area (Å²) in [5.74, 6) is -1.29. The second-order valence-electron chi connectivity index (χ2n) is 4.98. The Morgan fingerprint density at radius 1 is 1.16 bits per heavy atom. The average Bonchev–Trinajstić information content (AvgIpc) is 2.92. The van der Waals surface area contributed by atoms with Gasteiger partial charge in [0.05, 0.1) is 26.2 Å². The van der Waals surface area contributed by atoms with E-state index in [4.69, 9.17) is 28.3 Å². The van der Waals surface area contributed by atoms with Crippen molar-refractivity contribution in [2.24, 2.45) is 4.99 Å². The van der Waals surface area contributed by atoms with Gasteiger partial charge >= 0.3 is 5.97 Å². The number of carbonyl (C=O) groups is 2. The number of carbonyl (C=O) groups excluding carboxylic acids is 1. The van der Waals surface area contributed by atoms with Crippen molar-refractivity contribution in [2.45, 2.75) is 0 Å². The number of thioether (sulfide) groups is 1. The molecule has 2 aromatic rings. The van der Waals surface area contributed by atoms with Crippen LogP contribution in [0.4, 0.5) is 5.69 Å². The molecule has 2 N–H and O–H groups in total. The molecule has 1 amide bonds. The van der Waals surface area contributed by atoms with Gasteiger partial charge in [-0.3, -0.25) is 4.79 Å². The summed E-state index contributed by atoms with van der Waals surface area (Å²) >= 11 is 13.2. The Bertz CT molecular complexity index is 924. The lowest BCUT2D eigenvalue weighted by Crippen LogP contribution is -2.19. The average molecular weight is 393 g/mol. The molecule has 1 saturated heterocycles. The number of amides is 1. The van der Waals surface area contributed by atoms with E-state index in [-0.39, 0.29) is 11.5 Å². The van der Waals surface area contributed by atoms with Gasteiger partial charge in [0.15, 0.2) is 5.17 Å². The lowest BCUT2D eigenvalue weighted by Gasteiger charge is -2.00. The fourth-order valence-electron chi connectivity index (χ4n) is 2.04. The van der Waals surface area contributed by atoms with E-state index in [1.165, 1.54) is 23.9 Å². The van der Waals surface area contributed by atoms with E-state index in [0.717, 1.165) is 0 Å². The van der Waals surface area contributed by atoms with Crippen LogP contribution in [0.1, 0.15) is 15.9 Å². The molecule has 1 aliphatic heterocycles. The zero-order chi connectivity index (χ0) is 18.0. The van der Waals surface area contributed by atoms with Gasteiger partial charge in [0.1, 0.15) is 0 Å². The van der Waals surface area contributed by atoms with E-state index < -0.39 is 5.97 Å². The van der Waals surface area contributed by atoms with Crippen LogP contribution in [0, 0.1) is 0 Å². The number of aliphatic imine (C=N–C) groups is 1. The van der Waals surface area contributed by atoms with Gasteiger partial charge in [-0.15, -0.1) is 0 Å². The maximum absolute atomic E-state index is 12.1. The summed E-state index contributed by atoms with van der Waals surface area (Å²) in [6.07, 6.45) is 1.66. The van der Waals surface area contributed by atoms with Crippen LogP contribution in [0.15, 0.2) is 52.4 Å². The molecule has 2 aromatic carbocycles. The predicted molar refractivity (Wildman–Crippen MR) is 101 cm³/mol. The Labute approximate surface area is 157 Å². The third-order valence-corrected chi connectivity index (χ3v) is 4.98. The molecule has 25 heavy (non-hydrogen) atoms. The van der Waals surface area contributed by atoms with Crippen molar-refractivity contribution in [1.29, 1.82) is 0 Å². The first-order valence-corrected chi connectivity index (χ1v) is 8.58. The van der Waals surface area contributed by atoms with Crippen molar-refractivity contribution in [3.63, 3.8) is 0 Å². The zero-order valence-corrected chi connectivity index (χ0v) is 14.8. The minimum Gasteiger partial charge on any atom is -0.478 e. The molecule has 0 aliphatic carbocycles. The molecule has 0 radical (unpaired) electrons. The van der Waals surface area contributed by atoms with Crippen molar-refractivity contribution in [3.8, 4) is 0 Å². The fraction of sp³-hybridized carbons (Fsp3) is 0. The third-order valence-electron chi connectivity index (χ3n) is 3.26. The molecule has 0 unspecified atom stereocenters. The van der Waals surface area contributed by atoms with Gasteiger partial charge in [0, 0.05) is 0 Å². The SMILES string of the molecule is O=C1NC(=Nc2cccc(Cl)c2Cl)S/C1=C/c1ccc(C(=O)O)cc1. The fourth-order valence-corrected chi connectivity index (χ4v) is 3.21. The van der Waals surface area contributed by atoms with Gasteiger partial charge in [-0.2, -0.15) is 0 Å². The lowest BCUT2D eigenvalue weighted by molar-refractivity contribution is -0.115. The van der Waals surface area contributed by atoms with Gasteiger partial charge in [-0.1, -0.05) is 41.4 Å². The second-order valence-corrected chi connectivity index (χ2v) is 6.80. The number of carboxylic acid groups (broad SMARTS) is 1. The topological polar surface area (TPSA) is 78.8 Å². The Morgan fingerprint density at radius 2 is 1.88 bits per heavy atom. The number of nitrogens with one attached hydrogen (secondary N) is 1. The number of aromatic carboxylic acids is 1. The summed E-state index contributed by atoms with van der Waals surface area (Å²) in [5.41, 5.74) is 1.36. The van der Waals surface area contributed by atoms with E-state index in [9.17, 15) is 9.59 Å². The molecule has 0 bridgehead atoms. The number of benzene rings is 2. The Balaban J connectivity index is 1.83. The molecule has 0 spiro atoms. The quantitative estimate of drug-likeness (QED) is 0.748. The second kappa shape index (κ2) is 7.31. The molecule has 0 aromatic heterocycles. The highest BCUT2D eigenvalue weighted by atomic mass is 35.5. The molecule has 1 aliphatic rings. The normalized spacial score (nSPS) is 17.1. The van der Waals surface area contributed by atoms with Crippen molar-refractivity contribution < 1.29 is 14.7 Å². The highest BCUT2D eigenvalue weighted by Gasteiger charge is 2.24. The summed E-state index contributed by atoms with van der Waals surface area (Å²) in [7, 11) is 0.